The van der Waals surface area contributed by atoms with Gasteiger partial charge in [0.15, 0.2) is 0 Å². The minimum Gasteiger partial charge on any atom is -0.455 e. The molecule has 1 aromatic heterocycles. The number of amides is 3. The standard InChI is InChI=1S/C15H12ClN3O3/c1-18-14(20)9-19(15(18)21)17-8-12-5-6-13(22-12)10-3-2-4-11(16)7-10/h2-8H,9H2,1H3/b17-8+. The molecular weight excluding hydrogens is 306 g/mol. The van der Waals surface area contributed by atoms with Gasteiger partial charge >= 0.3 is 6.03 Å². The van der Waals surface area contributed by atoms with Crippen molar-refractivity contribution in [1.82, 2.24) is 9.91 Å². The molecule has 0 atom stereocenters. The first-order valence-electron chi connectivity index (χ1n) is 6.52. The molecule has 112 valence electrons. The number of hydrogen-bond acceptors (Lipinski definition) is 4. The molecular formula is C15H12ClN3O3. The monoisotopic (exact) mass is 317 g/mol. The third-order valence-corrected chi connectivity index (χ3v) is 3.46. The zero-order chi connectivity index (χ0) is 15.7. The molecule has 1 saturated heterocycles. The van der Waals surface area contributed by atoms with Crippen molar-refractivity contribution in [3.8, 4) is 11.3 Å². The van der Waals surface area contributed by atoms with Crippen molar-refractivity contribution >= 4 is 29.8 Å². The second-order valence-electron chi connectivity index (χ2n) is 4.75. The first kappa shape index (κ1) is 14.3. The lowest BCUT2D eigenvalue weighted by atomic mass is 10.2. The molecule has 1 aromatic carbocycles. The van der Waals surface area contributed by atoms with Crippen molar-refractivity contribution in [2.75, 3.05) is 13.6 Å². The molecule has 7 heteroatoms. The molecule has 3 amide bonds. The number of urea groups is 1. The van der Waals surface area contributed by atoms with Gasteiger partial charge in [0, 0.05) is 17.6 Å². The van der Waals surface area contributed by atoms with Gasteiger partial charge in [-0.3, -0.25) is 9.69 Å². The largest absolute Gasteiger partial charge is 0.455 e. The molecule has 1 fully saturated rings. The highest BCUT2D eigenvalue weighted by atomic mass is 35.5. The Morgan fingerprint density at radius 3 is 2.77 bits per heavy atom. The minimum absolute atomic E-state index is 0.0618. The lowest BCUT2D eigenvalue weighted by Gasteiger charge is -2.06. The quantitative estimate of drug-likeness (QED) is 0.646. The van der Waals surface area contributed by atoms with E-state index in [9.17, 15) is 9.59 Å². The molecule has 22 heavy (non-hydrogen) atoms. The summed E-state index contributed by atoms with van der Waals surface area (Å²) in [6, 6.07) is 10.3. The van der Waals surface area contributed by atoms with Crippen LogP contribution in [0, 0.1) is 0 Å². The maximum absolute atomic E-state index is 11.7. The highest BCUT2D eigenvalue weighted by Gasteiger charge is 2.32. The number of carbonyl (C=O) groups is 2. The summed E-state index contributed by atoms with van der Waals surface area (Å²) in [4.78, 5) is 24.1. The first-order valence-corrected chi connectivity index (χ1v) is 6.90. The van der Waals surface area contributed by atoms with Crippen LogP contribution in [-0.4, -0.2) is 41.7 Å². The Bertz CT molecular complexity index is 769. The Hall–Kier alpha value is -2.60. The van der Waals surface area contributed by atoms with Crippen LogP contribution in [0.25, 0.3) is 11.3 Å². The van der Waals surface area contributed by atoms with E-state index in [0.717, 1.165) is 15.5 Å². The second-order valence-corrected chi connectivity index (χ2v) is 5.19. The molecule has 0 N–H and O–H groups in total. The summed E-state index contributed by atoms with van der Waals surface area (Å²) in [5.41, 5.74) is 0.847. The molecule has 0 saturated carbocycles. The molecule has 2 aromatic rings. The summed E-state index contributed by atoms with van der Waals surface area (Å²) < 4.78 is 5.63. The van der Waals surface area contributed by atoms with Gasteiger partial charge in [0.05, 0.1) is 6.21 Å². The van der Waals surface area contributed by atoms with Gasteiger partial charge in [0.25, 0.3) is 5.91 Å². The van der Waals surface area contributed by atoms with Crippen LogP contribution < -0.4 is 0 Å². The molecule has 0 aliphatic carbocycles. The van der Waals surface area contributed by atoms with Gasteiger partial charge in [-0.15, -0.1) is 0 Å². The van der Waals surface area contributed by atoms with Crippen molar-refractivity contribution in [1.29, 1.82) is 0 Å². The van der Waals surface area contributed by atoms with E-state index in [1.807, 2.05) is 12.1 Å². The molecule has 6 nitrogen and oxygen atoms in total. The number of nitrogens with zero attached hydrogens (tertiary/aromatic N) is 3. The van der Waals surface area contributed by atoms with Crippen molar-refractivity contribution in [3.05, 3.63) is 47.2 Å². The summed E-state index contributed by atoms with van der Waals surface area (Å²) in [5.74, 6) is 0.830. The van der Waals surface area contributed by atoms with Crippen molar-refractivity contribution in [2.45, 2.75) is 0 Å². The predicted octanol–water partition coefficient (Wildman–Crippen LogP) is 2.83. The average molecular weight is 318 g/mol. The SMILES string of the molecule is CN1C(=O)CN(/N=C/c2ccc(-c3cccc(Cl)c3)o2)C1=O. The van der Waals surface area contributed by atoms with Gasteiger partial charge in [-0.2, -0.15) is 5.10 Å². The minimum atomic E-state index is -0.456. The molecule has 1 aliphatic rings. The number of benzene rings is 1. The number of furan rings is 1. The van der Waals surface area contributed by atoms with Crippen molar-refractivity contribution in [3.63, 3.8) is 0 Å². The van der Waals surface area contributed by atoms with Gasteiger partial charge < -0.3 is 4.42 Å². The molecule has 2 heterocycles. The highest BCUT2D eigenvalue weighted by molar-refractivity contribution is 6.30. The van der Waals surface area contributed by atoms with Crippen molar-refractivity contribution in [2.24, 2.45) is 5.10 Å². The molecule has 0 unspecified atom stereocenters. The van der Waals surface area contributed by atoms with Crippen LogP contribution in [0.2, 0.25) is 5.02 Å². The Morgan fingerprint density at radius 1 is 1.27 bits per heavy atom. The van der Waals surface area contributed by atoms with Crippen LogP contribution >= 0.6 is 11.6 Å². The fraction of sp³-hybridized carbons (Fsp3) is 0.133. The maximum atomic E-state index is 11.7. The summed E-state index contributed by atoms with van der Waals surface area (Å²) >= 11 is 5.94. The first-order chi connectivity index (χ1) is 10.5. The van der Waals surface area contributed by atoms with Gasteiger partial charge in [-0.1, -0.05) is 23.7 Å². The van der Waals surface area contributed by atoms with E-state index >= 15 is 0 Å². The fourth-order valence-corrected chi connectivity index (χ4v) is 2.21. The Morgan fingerprint density at radius 2 is 2.09 bits per heavy atom. The van der Waals surface area contributed by atoms with E-state index < -0.39 is 6.03 Å². The number of rotatable bonds is 3. The van der Waals surface area contributed by atoms with Gasteiger partial charge in [0.2, 0.25) is 0 Å². The van der Waals surface area contributed by atoms with E-state index in [1.165, 1.54) is 13.3 Å². The summed E-state index contributed by atoms with van der Waals surface area (Å²) in [6.45, 7) is -0.0618. The molecule has 1 aliphatic heterocycles. The molecule has 3 rings (SSSR count). The number of likely N-dealkylation sites (N-methyl/N-ethyl adjacent to an activating group) is 1. The number of imide groups is 1. The fourth-order valence-electron chi connectivity index (χ4n) is 2.02. The third-order valence-electron chi connectivity index (χ3n) is 3.23. The molecule has 0 radical (unpaired) electrons. The van der Waals surface area contributed by atoms with Crippen LogP contribution in [0.3, 0.4) is 0 Å². The lowest BCUT2D eigenvalue weighted by Crippen LogP contribution is -2.26. The van der Waals surface area contributed by atoms with E-state index in [1.54, 1.807) is 24.3 Å². The topological polar surface area (TPSA) is 66.1 Å². The number of halogens is 1. The Balaban J connectivity index is 1.76. The van der Waals surface area contributed by atoms with Crippen LogP contribution in [0.5, 0.6) is 0 Å². The zero-order valence-electron chi connectivity index (χ0n) is 11.7. The third kappa shape index (κ3) is 2.73. The molecule has 0 bridgehead atoms. The summed E-state index contributed by atoms with van der Waals surface area (Å²) in [5, 5.41) is 5.68. The number of hydrogen-bond donors (Lipinski definition) is 0. The van der Waals surface area contributed by atoms with Crippen LogP contribution in [0.15, 0.2) is 45.9 Å². The van der Waals surface area contributed by atoms with Gasteiger partial charge in [0.1, 0.15) is 18.1 Å². The smallest absolute Gasteiger partial charge is 0.347 e. The van der Waals surface area contributed by atoms with Gasteiger partial charge in [-0.05, 0) is 24.3 Å². The van der Waals surface area contributed by atoms with Gasteiger partial charge in [-0.25, -0.2) is 9.80 Å². The van der Waals surface area contributed by atoms with Crippen LogP contribution in [0.1, 0.15) is 5.76 Å². The van der Waals surface area contributed by atoms with E-state index in [2.05, 4.69) is 5.10 Å². The number of carbonyl (C=O) groups excluding carboxylic acids is 2. The zero-order valence-corrected chi connectivity index (χ0v) is 12.4. The Kier molecular flexibility index (Phi) is 3.68. The predicted molar refractivity (Wildman–Crippen MR) is 81.6 cm³/mol. The van der Waals surface area contributed by atoms with Crippen LogP contribution in [0.4, 0.5) is 4.79 Å². The lowest BCUT2D eigenvalue weighted by molar-refractivity contribution is -0.124. The van der Waals surface area contributed by atoms with E-state index in [-0.39, 0.29) is 12.5 Å². The molecule has 0 spiro atoms. The van der Waals surface area contributed by atoms with Crippen LogP contribution in [-0.2, 0) is 4.79 Å². The van der Waals surface area contributed by atoms with E-state index in [0.29, 0.717) is 16.5 Å². The average Bonchev–Trinajstić information content (AvgIpc) is 3.06. The Labute approximate surface area is 131 Å². The highest BCUT2D eigenvalue weighted by Crippen LogP contribution is 2.24. The summed E-state index contributed by atoms with van der Waals surface area (Å²) in [6.07, 6.45) is 1.40. The number of hydrazone groups is 1. The normalized spacial score (nSPS) is 15.4. The van der Waals surface area contributed by atoms with E-state index in [4.69, 9.17) is 16.0 Å². The second kappa shape index (κ2) is 5.65. The van der Waals surface area contributed by atoms with Crippen molar-refractivity contribution < 1.29 is 14.0 Å². The maximum Gasteiger partial charge on any atom is 0.347 e. The summed E-state index contributed by atoms with van der Waals surface area (Å²) in [7, 11) is 1.42.